The lowest BCUT2D eigenvalue weighted by Crippen LogP contribution is -2.27. The van der Waals surface area contributed by atoms with Crippen molar-refractivity contribution < 1.29 is 14.3 Å². The molecule has 2 heterocycles. The van der Waals surface area contributed by atoms with E-state index in [2.05, 4.69) is 0 Å². The summed E-state index contributed by atoms with van der Waals surface area (Å²) in [5.74, 6) is -0.223. The first-order valence-corrected chi connectivity index (χ1v) is 9.29. The fourth-order valence-electron chi connectivity index (χ4n) is 2.78. The number of thiocarbonyl (C=S) groups is 1. The molecular weight excluding hydrogens is 382 g/mol. The van der Waals surface area contributed by atoms with Crippen LogP contribution in [0.2, 0.25) is 0 Å². The average Bonchev–Trinajstić information content (AvgIpc) is 2.92. The van der Waals surface area contributed by atoms with Gasteiger partial charge in [-0.1, -0.05) is 54.3 Å². The second-order valence-corrected chi connectivity index (χ2v) is 7.63. The molecule has 1 saturated heterocycles. The second-order valence-electron chi connectivity index (χ2n) is 5.95. The van der Waals surface area contributed by atoms with Gasteiger partial charge in [-0.3, -0.25) is 14.5 Å². The van der Waals surface area contributed by atoms with Gasteiger partial charge in [-0.05, 0) is 23.8 Å². The topological polar surface area (TPSA) is 70.7 Å². The lowest BCUT2D eigenvalue weighted by Gasteiger charge is -2.14. The van der Waals surface area contributed by atoms with Crippen LogP contribution >= 0.6 is 24.0 Å². The maximum atomic E-state index is 12.7. The molecule has 0 saturated carbocycles. The van der Waals surface area contributed by atoms with Gasteiger partial charge in [0, 0.05) is 6.07 Å². The quantitative estimate of drug-likeness (QED) is 0.536. The Morgan fingerprint density at radius 3 is 2.70 bits per heavy atom. The van der Waals surface area contributed by atoms with Gasteiger partial charge in [-0.15, -0.1) is 0 Å². The molecule has 1 N–H and O–H groups in total. The van der Waals surface area contributed by atoms with Gasteiger partial charge in [0.15, 0.2) is 5.43 Å². The third-order valence-electron chi connectivity index (χ3n) is 4.13. The highest BCUT2D eigenvalue weighted by molar-refractivity contribution is 8.26. The molecular formula is C20H13NO4S2. The third-order valence-corrected chi connectivity index (χ3v) is 5.51. The van der Waals surface area contributed by atoms with Crippen LogP contribution in [-0.2, 0) is 11.3 Å². The van der Waals surface area contributed by atoms with Crippen molar-refractivity contribution in [1.82, 2.24) is 4.90 Å². The maximum Gasteiger partial charge on any atom is 0.266 e. The summed E-state index contributed by atoms with van der Waals surface area (Å²) in [6, 6.07) is 13.9. The van der Waals surface area contributed by atoms with E-state index in [-0.39, 0.29) is 28.2 Å². The molecule has 0 bridgehead atoms. The molecule has 27 heavy (non-hydrogen) atoms. The predicted molar refractivity (Wildman–Crippen MR) is 109 cm³/mol. The van der Waals surface area contributed by atoms with Crippen LogP contribution in [0.5, 0.6) is 5.75 Å². The summed E-state index contributed by atoms with van der Waals surface area (Å²) in [7, 11) is 0. The van der Waals surface area contributed by atoms with Crippen molar-refractivity contribution >= 4 is 51.3 Å². The molecule has 2 aromatic carbocycles. The average molecular weight is 395 g/mol. The number of benzene rings is 2. The van der Waals surface area contributed by atoms with Crippen LogP contribution in [0.15, 0.2) is 68.9 Å². The number of nitrogens with zero attached hydrogens (tertiary/aromatic N) is 1. The number of carbonyl (C=O) groups is 1. The number of thioether (sulfide) groups is 1. The highest BCUT2D eigenvalue weighted by atomic mass is 32.2. The molecule has 4 rings (SSSR count). The van der Waals surface area contributed by atoms with Crippen LogP contribution in [0.1, 0.15) is 11.1 Å². The lowest BCUT2D eigenvalue weighted by molar-refractivity contribution is -0.122. The first-order chi connectivity index (χ1) is 13.0. The molecule has 1 aromatic heterocycles. The number of phenolic OH excluding ortho intramolecular Hbond substituents is 1. The number of hydrogen-bond acceptors (Lipinski definition) is 6. The van der Waals surface area contributed by atoms with E-state index in [1.807, 2.05) is 30.3 Å². The minimum atomic E-state index is -0.274. The Morgan fingerprint density at radius 2 is 1.93 bits per heavy atom. The van der Waals surface area contributed by atoms with Gasteiger partial charge in [-0.2, -0.15) is 0 Å². The minimum absolute atomic E-state index is 0.0141. The molecule has 0 radical (unpaired) electrons. The number of fused-ring (bicyclic) bond motifs is 1. The van der Waals surface area contributed by atoms with Gasteiger partial charge in [-0.25, -0.2) is 0 Å². The van der Waals surface area contributed by atoms with Gasteiger partial charge in [0.1, 0.15) is 21.9 Å². The fourth-order valence-corrected chi connectivity index (χ4v) is 4.02. The van der Waals surface area contributed by atoms with Crippen LogP contribution in [0.25, 0.3) is 17.0 Å². The molecule has 5 nitrogen and oxygen atoms in total. The molecule has 0 spiro atoms. The summed E-state index contributed by atoms with van der Waals surface area (Å²) in [6.07, 6.45) is 2.79. The Kier molecular flexibility index (Phi) is 4.55. The predicted octanol–water partition coefficient (Wildman–Crippen LogP) is 3.90. The first kappa shape index (κ1) is 17.5. The zero-order valence-corrected chi connectivity index (χ0v) is 15.5. The van der Waals surface area contributed by atoms with E-state index in [4.69, 9.17) is 16.6 Å². The Hall–Kier alpha value is -2.90. The molecule has 3 aromatic rings. The van der Waals surface area contributed by atoms with Crippen molar-refractivity contribution in [2.24, 2.45) is 0 Å². The normalized spacial score (nSPS) is 15.9. The van der Waals surface area contributed by atoms with E-state index in [1.54, 1.807) is 0 Å². The number of hydrogen-bond donors (Lipinski definition) is 1. The molecule has 1 aliphatic rings. The zero-order chi connectivity index (χ0) is 19.0. The van der Waals surface area contributed by atoms with Crippen molar-refractivity contribution in [2.75, 3.05) is 0 Å². The zero-order valence-electron chi connectivity index (χ0n) is 13.9. The number of rotatable bonds is 3. The lowest BCUT2D eigenvalue weighted by atomic mass is 10.1. The highest BCUT2D eigenvalue weighted by Gasteiger charge is 2.32. The first-order valence-electron chi connectivity index (χ1n) is 8.07. The molecule has 134 valence electrons. The van der Waals surface area contributed by atoms with Crippen LogP contribution < -0.4 is 5.43 Å². The van der Waals surface area contributed by atoms with E-state index >= 15 is 0 Å². The standard InChI is InChI=1S/C20H13NO4S2/c22-14-6-7-15-16(9-14)25-11-13(18(15)23)8-17-19(24)21(20(26)27-17)10-12-4-2-1-3-5-12/h1-9,11,22H,10H2. The summed E-state index contributed by atoms with van der Waals surface area (Å²) in [5.41, 5.74) is 1.24. The van der Waals surface area contributed by atoms with Crippen molar-refractivity contribution in [2.45, 2.75) is 6.54 Å². The number of phenols is 1. The van der Waals surface area contributed by atoms with Crippen LogP contribution in [0, 0.1) is 0 Å². The monoisotopic (exact) mass is 395 g/mol. The minimum Gasteiger partial charge on any atom is -0.508 e. The number of carbonyl (C=O) groups excluding carboxylic acids is 1. The van der Waals surface area contributed by atoms with Gasteiger partial charge in [0.25, 0.3) is 5.91 Å². The van der Waals surface area contributed by atoms with Gasteiger partial charge in [0.2, 0.25) is 0 Å². The largest absolute Gasteiger partial charge is 0.508 e. The van der Waals surface area contributed by atoms with Gasteiger partial charge in [0.05, 0.1) is 22.4 Å². The molecule has 0 atom stereocenters. The number of amides is 1. The molecule has 0 aliphatic carbocycles. The molecule has 1 amide bonds. The summed E-state index contributed by atoms with van der Waals surface area (Å²) in [6.45, 7) is 0.383. The summed E-state index contributed by atoms with van der Waals surface area (Å²) in [5, 5.41) is 9.83. The Labute approximate surface area is 163 Å². The van der Waals surface area contributed by atoms with Crippen LogP contribution in [0.4, 0.5) is 0 Å². The van der Waals surface area contributed by atoms with E-state index in [9.17, 15) is 14.7 Å². The molecule has 1 aliphatic heterocycles. The smallest absolute Gasteiger partial charge is 0.266 e. The van der Waals surface area contributed by atoms with Gasteiger partial charge < -0.3 is 9.52 Å². The van der Waals surface area contributed by atoms with E-state index in [1.165, 1.54) is 35.4 Å². The second kappa shape index (κ2) is 7.02. The van der Waals surface area contributed by atoms with Crippen molar-refractivity contribution in [3.05, 3.63) is 81.0 Å². The Balaban J connectivity index is 1.67. The van der Waals surface area contributed by atoms with E-state index in [0.29, 0.717) is 21.2 Å². The summed E-state index contributed by atoms with van der Waals surface area (Å²) < 4.78 is 5.88. The highest BCUT2D eigenvalue weighted by Crippen LogP contribution is 2.33. The Morgan fingerprint density at radius 1 is 1.15 bits per heavy atom. The van der Waals surface area contributed by atoms with Crippen molar-refractivity contribution in [3.8, 4) is 5.75 Å². The molecule has 1 fully saturated rings. The van der Waals surface area contributed by atoms with Crippen molar-refractivity contribution in [1.29, 1.82) is 0 Å². The molecule has 7 heteroatoms. The van der Waals surface area contributed by atoms with Crippen molar-refractivity contribution in [3.63, 3.8) is 0 Å². The fraction of sp³-hybridized carbons (Fsp3) is 0.0500. The van der Waals surface area contributed by atoms with Crippen LogP contribution in [-0.4, -0.2) is 20.2 Å². The third kappa shape index (κ3) is 3.39. The van der Waals surface area contributed by atoms with E-state index < -0.39 is 0 Å². The van der Waals surface area contributed by atoms with Gasteiger partial charge >= 0.3 is 0 Å². The Bertz CT molecular complexity index is 1150. The maximum absolute atomic E-state index is 12.7. The van der Waals surface area contributed by atoms with Crippen LogP contribution in [0.3, 0.4) is 0 Å². The number of aromatic hydroxyl groups is 1. The SMILES string of the molecule is O=C1C(=Cc2coc3cc(O)ccc3c2=O)SC(=S)N1Cc1ccccc1. The summed E-state index contributed by atoms with van der Waals surface area (Å²) in [4.78, 5) is 27.3. The molecule has 0 unspecified atom stereocenters. The van der Waals surface area contributed by atoms with E-state index in [0.717, 1.165) is 17.3 Å². The summed E-state index contributed by atoms with van der Waals surface area (Å²) >= 11 is 6.49.